The lowest BCUT2D eigenvalue weighted by atomic mass is 9.90. The minimum atomic E-state index is 0.00900. The molecule has 1 aliphatic rings. The largest absolute Gasteiger partial charge is 0.497 e. The molecule has 0 aliphatic carbocycles. The molecule has 0 radical (unpaired) electrons. The summed E-state index contributed by atoms with van der Waals surface area (Å²) in [6, 6.07) is 13.1. The third kappa shape index (κ3) is 4.57. The molecule has 0 bridgehead atoms. The maximum atomic E-state index is 12.8. The van der Waals surface area contributed by atoms with Crippen molar-refractivity contribution in [3.8, 4) is 11.5 Å². The van der Waals surface area contributed by atoms with Gasteiger partial charge in [0.15, 0.2) is 5.78 Å². The van der Waals surface area contributed by atoms with E-state index in [2.05, 4.69) is 4.90 Å². The number of piperidine rings is 1. The lowest BCUT2D eigenvalue weighted by molar-refractivity contribution is 0.0811. The van der Waals surface area contributed by atoms with Gasteiger partial charge in [0.2, 0.25) is 0 Å². The van der Waals surface area contributed by atoms with Gasteiger partial charge in [-0.15, -0.1) is 0 Å². The summed E-state index contributed by atoms with van der Waals surface area (Å²) in [7, 11) is 3.30. The average Bonchev–Trinajstić information content (AvgIpc) is 2.67. The van der Waals surface area contributed by atoms with Crippen LogP contribution in [0.2, 0.25) is 5.02 Å². The Balaban J connectivity index is 1.70. The van der Waals surface area contributed by atoms with Crippen molar-refractivity contribution in [3.05, 3.63) is 58.6 Å². The Morgan fingerprint density at radius 1 is 1.15 bits per heavy atom. The predicted octanol–water partition coefficient (Wildman–Crippen LogP) is 4.45. The van der Waals surface area contributed by atoms with E-state index in [0.717, 1.165) is 49.5 Å². The number of halogens is 1. The quantitative estimate of drug-likeness (QED) is 0.701. The summed E-state index contributed by atoms with van der Waals surface area (Å²) in [5, 5.41) is 0.604. The molecule has 4 nitrogen and oxygen atoms in total. The number of likely N-dealkylation sites (tertiary alicyclic amines) is 1. The maximum Gasteiger partial charge on any atom is 0.167 e. The van der Waals surface area contributed by atoms with Crippen LogP contribution in [0.25, 0.3) is 0 Å². The van der Waals surface area contributed by atoms with Crippen molar-refractivity contribution in [1.29, 1.82) is 0 Å². The molecule has 0 N–H and O–H groups in total. The summed E-state index contributed by atoms with van der Waals surface area (Å²) in [6.45, 7) is 2.51. The fourth-order valence-electron chi connectivity index (χ4n) is 3.51. The number of hydrogen-bond acceptors (Lipinski definition) is 4. The van der Waals surface area contributed by atoms with Gasteiger partial charge >= 0.3 is 0 Å². The Bertz CT molecular complexity index is 755. The SMILES string of the molecule is COc1cc(CN2CCCC(C(=O)c3cccc(Cl)c3)C2)cc(OC)c1. The summed E-state index contributed by atoms with van der Waals surface area (Å²) < 4.78 is 10.7. The van der Waals surface area contributed by atoms with E-state index < -0.39 is 0 Å². The van der Waals surface area contributed by atoms with Gasteiger partial charge in [0.1, 0.15) is 11.5 Å². The van der Waals surface area contributed by atoms with Crippen molar-refractivity contribution in [3.63, 3.8) is 0 Å². The fourth-order valence-corrected chi connectivity index (χ4v) is 3.70. The first kappa shape index (κ1) is 18.7. The van der Waals surface area contributed by atoms with Gasteiger partial charge in [-0.1, -0.05) is 23.7 Å². The third-order valence-electron chi connectivity index (χ3n) is 4.80. The number of carbonyl (C=O) groups is 1. The second-order valence-electron chi connectivity index (χ2n) is 6.67. The van der Waals surface area contributed by atoms with Gasteiger partial charge < -0.3 is 9.47 Å². The summed E-state index contributed by atoms with van der Waals surface area (Å²) in [4.78, 5) is 15.1. The molecule has 1 atom stereocenters. The Hall–Kier alpha value is -2.04. The van der Waals surface area contributed by atoms with Gasteiger partial charge in [-0.05, 0) is 49.2 Å². The number of ketones is 1. The van der Waals surface area contributed by atoms with Crippen LogP contribution in [0.1, 0.15) is 28.8 Å². The van der Waals surface area contributed by atoms with Crippen molar-refractivity contribution in [2.45, 2.75) is 19.4 Å². The van der Waals surface area contributed by atoms with Crippen LogP contribution < -0.4 is 9.47 Å². The van der Waals surface area contributed by atoms with Crippen molar-refractivity contribution in [2.75, 3.05) is 27.3 Å². The minimum absolute atomic E-state index is 0.00900. The topological polar surface area (TPSA) is 38.8 Å². The summed E-state index contributed by atoms with van der Waals surface area (Å²) in [5.41, 5.74) is 1.82. The van der Waals surface area contributed by atoms with Gasteiger partial charge in [-0.3, -0.25) is 9.69 Å². The van der Waals surface area contributed by atoms with E-state index in [1.54, 1.807) is 26.4 Å². The molecular formula is C21H24ClNO3. The molecule has 138 valence electrons. The molecule has 1 fully saturated rings. The summed E-state index contributed by atoms with van der Waals surface area (Å²) in [5.74, 6) is 1.75. The van der Waals surface area contributed by atoms with Gasteiger partial charge in [0.25, 0.3) is 0 Å². The van der Waals surface area contributed by atoms with E-state index in [0.29, 0.717) is 10.6 Å². The highest BCUT2D eigenvalue weighted by molar-refractivity contribution is 6.31. The first-order chi connectivity index (χ1) is 12.6. The molecule has 3 rings (SSSR count). The number of rotatable bonds is 6. The number of nitrogens with zero attached hydrogens (tertiary/aromatic N) is 1. The number of methoxy groups -OCH3 is 2. The molecule has 2 aromatic rings. The van der Waals surface area contributed by atoms with Crippen LogP contribution in [0.4, 0.5) is 0 Å². The Morgan fingerprint density at radius 3 is 2.54 bits per heavy atom. The molecule has 2 aromatic carbocycles. The number of Topliss-reactive ketones (excluding diaryl/α,β-unsaturated/α-hetero) is 1. The molecule has 1 unspecified atom stereocenters. The predicted molar refractivity (Wildman–Crippen MR) is 103 cm³/mol. The third-order valence-corrected chi connectivity index (χ3v) is 5.04. The molecule has 0 amide bonds. The first-order valence-corrected chi connectivity index (χ1v) is 9.21. The van der Waals surface area contributed by atoms with E-state index in [1.807, 2.05) is 30.3 Å². The van der Waals surface area contributed by atoms with Crippen LogP contribution in [-0.4, -0.2) is 38.0 Å². The van der Waals surface area contributed by atoms with E-state index in [4.69, 9.17) is 21.1 Å². The molecule has 0 saturated carbocycles. The molecule has 0 aromatic heterocycles. The summed E-state index contributed by atoms with van der Waals surface area (Å²) in [6.07, 6.45) is 1.93. The molecule has 1 saturated heterocycles. The van der Waals surface area contributed by atoms with Crippen LogP contribution in [-0.2, 0) is 6.54 Å². The van der Waals surface area contributed by atoms with Crippen LogP contribution in [0.3, 0.4) is 0 Å². The van der Waals surface area contributed by atoms with Crippen molar-refractivity contribution in [1.82, 2.24) is 4.90 Å². The summed E-state index contributed by atoms with van der Waals surface area (Å²) >= 11 is 6.03. The standard InChI is InChI=1S/C21H24ClNO3/c1-25-19-9-15(10-20(12-19)26-2)13-23-8-4-6-17(14-23)21(24)16-5-3-7-18(22)11-16/h3,5,7,9-12,17H,4,6,8,13-14H2,1-2H3. The Morgan fingerprint density at radius 2 is 1.88 bits per heavy atom. The van der Waals surface area contributed by atoms with E-state index in [-0.39, 0.29) is 11.7 Å². The zero-order valence-corrected chi connectivity index (χ0v) is 16.0. The lowest BCUT2D eigenvalue weighted by Gasteiger charge is -2.32. The number of carbonyl (C=O) groups excluding carboxylic acids is 1. The highest BCUT2D eigenvalue weighted by Crippen LogP contribution is 2.27. The molecule has 1 heterocycles. The minimum Gasteiger partial charge on any atom is -0.497 e. The number of benzene rings is 2. The second kappa shape index (κ2) is 8.56. The Labute approximate surface area is 159 Å². The molecule has 1 aliphatic heterocycles. The highest BCUT2D eigenvalue weighted by atomic mass is 35.5. The van der Waals surface area contributed by atoms with E-state index >= 15 is 0 Å². The van der Waals surface area contributed by atoms with Crippen LogP contribution in [0.5, 0.6) is 11.5 Å². The number of ether oxygens (including phenoxy) is 2. The van der Waals surface area contributed by atoms with Gasteiger partial charge in [0.05, 0.1) is 14.2 Å². The molecule has 5 heteroatoms. The van der Waals surface area contributed by atoms with E-state index in [1.165, 1.54) is 0 Å². The highest BCUT2D eigenvalue weighted by Gasteiger charge is 2.26. The van der Waals surface area contributed by atoms with Crippen LogP contribution in [0.15, 0.2) is 42.5 Å². The lowest BCUT2D eigenvalue weighted by Crippen LogP contribution is -2.38. The fraction of sp³-hybridized carbons (Fsp3) is 0.381. The molecule has 0 spiro atoms. The van der Waals surface area contributed by atoms with Crippen molar-refractivity contribution in [2.24, 2.45) is 5.92 Å². The van der Waals surface area contributed by atoms with E-state index in [9.17, 15) is 4.79 Å². The molecule has 26 heavy (non-hydrogen) atoms. The smallest absolute Gasteiger partial charge is 0.167 e. The zero-order chi connectivity index (χ0) is 18.5. The van der Waals surface area contributed by atoms with Gasteiger partial charge in [-0.25, -0.2) is 0 Å². The monoisotopic (exact) mass is 373 g/mol. The zero-order valence-electron chi connectivity index (χ0n) is 15.2. The second-order valence-corrected chi connectivity index (χ2v) is 7.11. The van der Waals surface area contributed by atoms with Gasteiger partial charge in [-0.2, -0.15) is 0 Å². The van der Waals surface area contributed by atoms with Crippen LogP contribution >= 0.6 is 11.6 Å². The van der Waals surface area contributed by atoms with Crippen molar-refractivity contribution < 1.29 is 14.3 Å². The van der Waals surface area contributed by atoms with Crippen molar-refractivity contribution >= 4 is 17.4 Å². The maximum absolute atomic E-state index is 12.8. The molecular weight excluding hydrogens is 350 g/mol. The first-order valence-electron chi connectivity index (χ1n) is 8.83. The normalized spacial score (nSPS) is 17.7. The van der Waals surface area contributed by atoms with Crippen LogP contribution in [0, 0.1) is 5.92 Å². The van der Waals surface area contributed by atoms with Gasteiger partial charge in [0, 0.05) is 35.7 Å². The Kier molecular flexibility index (Phi) is 6.17. The number of hydrogen-bond donors (Lipinski definition) is 0. The average molecular weight is 374 g/mol.